The summed E-state index contributed by atoms with van der Waals surface area (Å²) in [5.74, 6) is 1.39. The zero-order valence-corrected chi connectivity index (χ0v) is 15.6. The molecule has 0 fully saturated rings. The summed E-state index contributed by atoms with van der Waals surface area (Å²) in [5, 5.41) is 1.84. The first-order valence-electron chi connectivity index (χ1n) is 7.43. The summed E-state index contributed by atoms with van der Waals surface area (Å²) in [6.45, 7) is 1.74. The van der Waals surface area contributed by atoms with Crippen LogP contribution in [0.15, 0.2) is 58.5 Å². The minimum atomic E-state index is -0.318. The molecule has 0 aliphatic heterocycles. The summed E-state index contributed by atoms with van der Waals surface area (Å²) in [6, 6.07) is 14.4. The monoisotopic (exact) mass is 392 g/mol. The number of aromatic amines is 1. The summed E-state index contributed by atoms with van der Waals surface area (Å²) >= 11 is 13.2. The van der Waals surface area contributed by atoms with Crippen molar-refractivity contribution in [3.8, 4) is 11.5 Å². The molecule has 128 valence electrons. The van der Waals surface area contributed by atoms with Gasteiger partial charge in [0, 0.05) is 15.8 Å². The maximum Gasteiger partial charge on any atom is 0.294 e. The van der Waals surface area contributed by atoms with E-state index in [1.165, 1.54) is 11.8 Å². The molecule has 2 aromatic carbocycles. The molecule has 1 heterocycles. The number of benzene rings is 2. The number of hydrogen-bond donors (Lipinski definition) is 1. The van der Waals surface area contributed by atoms with Crippen molar-refractivity contribution in [3.05, 3.63) is 80.2 Å². The van der Waals surface area contributed by atoms with E-state index < -0.39 is 0 Å². The van der Waals surface area contributed by atoms with Crippen LogP contribution in [0, 0.1) is 6.92 Å². The van der Waals surface area contributed by atoms with E-state index in [1.807, 2.05) is 24.3 Å². The fourth-order valence-corrected chi connectivity index (χ4v) is 3.20. The topological polar surface area (TPSA) is 55.0 Å². The van der Waals surface area contributed by atoms with E-state index in [-0.39, 0.29) is 11.3 Å². The maximum absolute atomic E-state index is 12.3. The van der Waals surface area contributed by atoms with Crippen LogP contribution >= 0.6 is 35.0 Å². The number of thioether (sulfide) groups is 1. The number of aryl methyl sites for hydroxylation is 1. The van der Waals surface area contributed by atoms with Crippen LogP contribution in [0.2, 0.25) is 10.0 Å². The second-order valence-corrected chi connectivity index (χ2v) is 7.09. The van der Waals surface area contributed by atoms with Crippen molar-refractivity contribution < 1.29 is 4.74 Å². The van der Waals surface area contributed by atoms with Crippen LogP contribution in [0.1, 0.15) is 11.3 Å². The van der Waals surface area contributed by atoms with E-state index in [9.17, 15) is 4.79 Å². The van der Waals surface area contributed by atoms with Gasteiger partial charge in [-0.3, -0.25) is 9.78 Å². The summed E-state index contributed by atoms with van der Waals surface area (Å²) < 4.78 is 5.64. The third kappa shape index (κ3) is 4.78. The number of rotatable bonds is 5. The van der Waals surface area contributed by atoms with Gasteiger partial charge in [-0.1, -0.05) is 47.1 Å². The fourth-order valence-electron chi connectivity index (χ4n) is 2.09. The molecular formula is C18H14Cl2N2O2S. The molecule has 0 bridgehead atoms. The number of halogens is 2. The molecule has 0 atom stereocenters. The van der Waals surface area contributed by atoms with Crippen LogP contribution < -0.4 is 10.3 Å². The van der Waals surface area contributed by atoms with Crippen LogP contribution in [0.4, 0.5) is 0 Å². The van der Waals surface area contributed by atoms with Gasteiger partial charge in [-0.25, -0.2) is 4.98 Å². The molecule has 0 unspecified atom stereocenters. The first-order valence-corrected chi connectivity index (χ1v) is 9.17. The van der Waals surface area contributed by atoms with Gasteiger partial charge in [0.1, 0.15) is 5.75 Å². The highest BCUT2D eigenvalue weighted by Crippen LogP contribution is 2.25. The lowest BCUT2D eigenvalue weighted by atomic mass is 10.2. The minimum absolute atomic E-state index is 0.179. The van der Waals surface area contributed by atoms with Gasteiger partial charge in [0.25, 0.3) is 5.56 Å². The number of nitrogens with one attached hydrogen (secondary N) is 1. The molecule has 3 rings (SSSR count). The van der Waals surface area contributed by atoms with Crippen LogP contribution in [-0.4, -0.2) is 9.97 Å². The van der Waals surface area contributed by atoms with Gasteiger partial charge in [-0.05, 0) is 48.9 Å². The number of H-pyrrole nitrogens is 1. The van der Waals surface area contributed by atoms with Gasteiger partial charge in [0.05, 0.1) is 5.69 Å². The first-order chi connectivity index (χ1) is 12.0. The van der Waals surface area contributed by atoms with Crippen molar-refractivity contribution in [1.29, 1.82) is 0 Å². The lowest BCUT2D eigenvalue weighted by Crippen LogP contribution is -2.13. The number of nitrogens with zero attached hydrogens (tertiary/aromatic N) is 1. The molecule has 1 N–H and O–H groups in total. The standard InChI is InChI=1S/C18H14Cl2N2O2S/c1-11-16(24-15-8-6-14(20)7-9-15)17(23)22-18(21-11)25-10-12-2-4-13(19)5-3-12/h2-9H,10H2,1H3,(H,21,22,23). The predicted molar refractivity (Wildman–Crippen MR) is 102 cm³/mol. The van der Waals surface area contributed by atoms with E-state index in [1.54, 1.807) is 31.2 Å². The molecular weight excluding hydrogens is 379 g/mol. The molecule has 0 saturated carbocycles. The number of ether oxygens (including phenoxy) is 1. The Kier molecular flexibility index (Phi) is 5.68. The second-order valence-electron chi connectivity index (χ2n) is 5.26. The Hall–Kier alpha value is -1.95. The van der Waals surface area contributed by atoms with Gasteiger partial charge in [-0.2, -0.15) is 0 Å². The zero-order valence-electron chi connectivity index (χ0n) is 13.3. The molecule has 0 radical (unpaired) electrons. The molecule has 0 spiro atoms. The SMILES string of the molecule is Cc1nc(SCc2ccc(Cl)cc2)[nH]c(=O)c1Oc1ccc(Cl)cc1. The normalized spacial score (nSPS) is 10.7. The lowest BCUT2D eigenvalue weighted by Gasteiger charge is -2.09. The van der Waals surface area contributed by atoms with Crippen LogP contribution in [0.25, 0.3) is 0 Å². The van der Waals surface area contributed by atoms with Crippen molar-refractivity contribution >= 4 is 35.0 Å². The van der Waals surface area contributed by atoms with E-state index in [0.29, 0.717) is 32.4 Å². The zero-order chi connectivity index (χ0) is 17.8. The maximum atomic E-state index is 12.3. The van der Waals surface area contributed by atoms with Gasteiger partial charge in [0.2, 0.25) is 5.75 Å². The summed E-state index contributed by atoms with van der Waals surface area (Å²) in [5.41, 5.74) is 1.30. The molecule has 25 heavy (non-hydrogen) atoms. The molecule has 3 aromatic rings. The van der Waals surface area contributed by atoms with E-state index >= 15 is 0 Å². The van der Waals surface area contributed by atoms with Crippen molar-refractivity contribution in [3.63, 3.8) is 0 Å². The molecule has 0 saturated heterocycles. The highest BCUT2D eigenvalue weighted by Gasteiger charge is 2.11. The second kappa shape index (κ2) is 7.95. The minimum Gasteiger partial charge on any atom is -0.450 e. The van der Waals surface area contributed by atoms with Crippen molar-refractivity contribution in [2.24, 2.45) is 0 Å². The largest absolute Gasteiger partial charge is 0.450 e. The highest BCUT2D eigenvalue weighted by molar-refractivity contribution is 7.98. The Bertz CT molecular complexity index is 925. The molecule has 1 aromatic heterocycles. The average Bonchev–Trinajstić information content (AvgIpc) is 2.59. The molecule has 7 heteroatoms. The number of hydrogen-bond acceptors (Lipinski definition) is 4. The van der Waals surface area contributed by atoms with Crippen LogP contribution in [0.5, 0.6) is 11.5 Å². The van der Waals surface area contributed by atoms with Gasteiger partial charge >= 0.3 is 0 Å². The highest BCUT2D eigenvalue weighted by atomic mass is 35.5. The molecule has 0 aliphatic rings. The lowest BCUT2D eigenvalue weighted by molar-refractivity contribution is 0.464. The summed E-state index contributed by atoms with van der Waals surface area (Å²) in [6.07, 6.45) is 0. The van der Waals surface area contributed by atoms with E-state index in [4.69, 9.17) is 27.9 Å². The fraction of sp³-hybridized carbons (Fsp3) is 0.111. The molecule has 0 amide bonds. The summed E-state index contributed by atoms with van der Waals surface area (Å²) in [4.78, 5) is 19.5. The van der Waals surface area contributed by atoms with Crippen LogP contribution in [-0.2, 0) is 5.75 Å². The van der Waals surface area contributed by atoms with E-state index in [0.717, 1.165) is 5.56 Å². The average molecular weight is 393 g/mol. The Morgan fingerprint density at radius 2 is 1.64 bits per heavy atom. The number of aromatic nitrogens is 2. The van der Waals surface area contributed by atoms with Crippen molar-refractivity contribution in [1.82, 2.24) is 9.97 Å². The third-order valence-electron chi connectivity index (χ3n) is 3.35. The Labute approximate surface area is 159 Å². The Morgan fingerprint density at radius 1 is 1.04 bits per heavy atom. The van der Waals surface area contributed by atoms with Gasteiger partial charge in [-0.15, -0.1) is 0 Å². The van der Waals surface area contributed by atoms with Gasteiger partial charge in [0.15, 0.2) is 5.16 Å². The molecule has 0 aliphatic carbocycles. The molecule has 4 nitrogen and oxygen atoms in total. The first kappa shape index (κ1) is 17.9. The Balaban J connectivity index is 1.74. The quantitative estimate of drug-likeness (QED) is 0.461. The smallest absolute Gasteiger partial charge is 0.294 e. The summed E-state index contributed by atoms with van der Waals surface area (Å²) in [7, 11) is 0. The third-order valence-corrected chi connectivity index (χ3v) is 4.80. The predicted octanol–water partition coefficient (Wildman–Crippen LogP) is 5.47. The van der Waals surface area contributed by atoms with Crippen molar-refractivity contribution in [2.75, 3.05) is 0 Å². The van der Waals surface area contributed by atoms with Gasteiger partial charge < -0.3 is 4.74 Å². The van der Waals surface area contributed by atoms with Crippen LogP contribution in [0.3, 0.4) is 0 Å². The Morgan fingerprint density at radius 3 is 2.24 bits per heavy atom. The van der Waals surface area contributed by atoms with Crippen molar-refractivity contribution in [2.45, 2.75) is 17.8 Å². The van der Waals surface area contributed by atoms with E-state index in [2.05, 4.69) is 9.97 Å².